The molecule has 0 heterocycles. The molecule has 0 aromatic carbocycles. The molecule has 1 rings (SSSR count). The van der Waals surface area contributed by atoms with Crippen LogP contribution in [0.15, 0.2) is 0 Å². The van der Waals surface area contributed by atoms with Gasteiger partial charge in [-0.15, -0.1) is 0 Å². The maximum atomic E-state index is 12.4. The maximum Gasteiger partial charge on any atom is 0.408 e. The highest BCUT2D eigenvalue weighted by Crippen LogP contribution is 2.39. The van der Waals surface area contributed by atoms with Crippen LogP contribution in [0.3, 0.4) is 0 Å². The van der Waals surface area contributed by atoms with Gasteiger partial charge in [0.2, 0.25) is 0 Å². The number of hydrogen-bond donors (Lipinski definition) is 2. The van der Waals surface area contributed by atoms with E-state index < -0.39 is 19.5 Å². The minimum Gasteiger partial charge on any atom is -0.444 e. The van der Waals surface area contributed by atoms with Crippen LogP contribution >= 0.6 is 0 Å². The maximum absolute atomic E-state index is 12.4. The third-order valence-electron chi connectivity index (χ3n) is 5.63. The predicted molar refractivity (Wildman–Crippen MR) is 106 cm³/mol. The smallest absolute Gasteiger partial charge is 0.408 e. The summed E-state index contributed by atoms with van der Waals surface area (Å²) in [5, 5.41) is 3.27. The highest BCUT2D eigenvalue weighted by atomic mass is 28.4. The Hall–Kier alpha value is -0.593. The number of carbonyl (C=O) groups excluding carboxylic acids is 1. The first-order valence-electron chi connectivity index (χ1n) is 9.41. The highest BCUT2D eigenvalue weighted by molar-refractivity contribution is 6.74. The van der Waals surface area contributed by atoms with E-state index in [9.17, 15) is 4.79 Å². The van der Waals surface area contributed by atoms with Gasteiger partial charge in [0.15, 0.2) is 8.32 Å². The number of rotatable bonds is 4. The Labute approximate surface area is 155 Å². The number of alkyl carbamates (subject to hydrolysis) is 1. The molecular formula is C19H40N2O3Si. The summed E-state index contributed by atoms with van der Waals surface area (Å²) in [5.41, 5.74) is 5.23. The monoisotopic (exact) mass is 372 g/mol. The van der Waals surface area contributed by atoms with E-state index in [2.05, 4.69) is 46.1 Å². The first kappa shape index (κ1) is 22.4. The van der Waals surface area contributed by atoms with Crippen LogP contribution in [0.2, 0.25) is 18.1 Å². The van der Waals surface area contributed by atoms with E-state index in [1.165, 1.54) is 0 Å². The van der Waals surface area contributed by atoms with Gasteiger partial charge in [-0.05, 0) is 71.5 Å². The fraction of sp³-hybridized carbons (Fsp3) is 0.947. The summed E-state index contributed by atoms with van der Waals surface area (Å²) in [6.45, 7) is 19.4. The van der Waals surface area contributed by atoms with Gasteiger partial charge < -0.3 is 20.2 Å². The van der Waals surface area contributed by atoms with Crippen molar-refractivity contribution in [3.63, 3.8) is 0 Å². The number of nitrogens with one attached hydrogen (secondary N) is 1. The summed E-state index contributed by atoms with van der Waals surface area (Å²) in [6.07, 6.45) is 2.99. The zero-order valence-corrected chi connectivity index (χ0v) is 18.8. The van der Waals surface area contributed by atoms with Crippen molar-refractivity contribution in [2.45, 2.75) is 109 Å². The molecule has 0 aromatic rings. The van der Waals surface area contributed by atoms with Crippen molar-refractivity contribution < 1.29 is 14.0 Å². The largest absolute Gasteiger partial charge is 0.444 e. The van der Waals surface area contributed by atoms with E-state index in [0.717, 1.165) is 25.7 Å². The van der Waals surface area contributed by atoms with Crippen molar-refractivity contribution in [2.24, 2.45) is 5.73 Å². The number of carbonyl (C=O) groups is 1. The van der Waals surface area contributed by atoms with E-state index in [1.54, 1.807) is 0 Å². The molecule has 5 nitrogen and oxygen atoms in total. The van der Waals surface area contributed by atoms with Gasteiger partial charge in [0.25, 0.3) is 0 Å². The average molecular weight is 373 g/mol. The van der Waals surface area contributed by atoms with Gasteiger partial charge in [-0.25, -0.2) is 4.79 Å². The fourth-order valence-corrected chi connectivity index (χ4v) is 3.73. The lowest BCUT2D eigenvalue weighted by atomic mass is 9.74. The third kappa shape index (κ3) is 6.91. The first-order chi connectivity index (χ1) is 11.0. The van der Waals surface area contributed by atoms with Crippen LogP contribution in [0.1, 0.15) is 74.1 Å². The molecule has 3 N–H and O–H groups in total. The van der Waals surface area contributed by atoms with Crippen molar-refractivity contribution in [3.8, 4) is 0 Å². The Morgan fingerprint density at radius 1 is 1.08 bits per heavy atom. The molecule has 1 aliphatic carbocycles. The number of nitrogens with two attached hydrogens (primary N) is 1. The van der Waals surface area contributed by atoms with Crippen molar-refractivity contribution in [2.75, 3.05) is 6.61 Å². The molecule has 1 aliphatic rings. The molecule has 0 atom stereocenters. The van der Waals surface area contributed by atoms with Gasteiger partial charge in [-0.2, -0.15) is 0 Å². The quantitative estimate of drug-likeness (QED) is 0.709. The molecule has 6 heteroatoms. The minimum atomic E-state index is -1.89. The highest BCUT2D eigenvalue weighted by Gasteiger charge is 2.44. The van der Waals surface area contributed by atoms with Crippen LogP contribution in [0.5, 0.6) is 0 Å². The fourth-order valence-electron chi connectivity index (χ4n) is 2.66. The van der Waals surface area contributed by atoms with Crippen LogP contribution in [-0.2, 0) is 9.16 Å². The summed E-state index contributed by atoms with van der Waals surface area (Å²) in [6, 6.07) is 0. The third-order valence-corrected chi connectivity index (χ3v) is 10.1. The van der Waals surface area contributed by atoms with Crippen molar-refractivity contribution in [1.82, 2.24) is 5.32 Å². The summed E-state index contributed by atoms with van der Waals surface area (Å²) in [5.74, 6) is 0. The lowest BCUT2D eigenvalue weighted by molar-refractivity contribution is 0.0316. The number of ether oxygens (including phenoxy) is 1. The molecule has 0 radical (unpaired) electrons. The lowest BCUT2D eigenvalue weighted by Crippen LogP contribution is -2.60. The number of amides is 1. The second-order valence-corrected chi connectivity index (χ2v) is 15.4. The number of hydrogen-bond acceptors (Lipinski definition) is 4. The Bertz CT molecular complexity index is 466. The van der Waals surface area contributed by atoms with E-state index in [4.69, 9.17) is 14.9 Å². The Kier molecular flexibility index (Phi) is 6.46. The normalized spacial score (nSPS) is 28.6. The average Bonchev–Trinajstić information content (AvgIpc) is 2.36. The van der Waals surface area contributed by atoms with Crippen LogP contribution in [0, 0.1) is 0 Å². The molecule has 1 amide bonds. The van der Waals surface area contributed by atoms with Gasteiger partial charge in [0, 0.05) is 5.54 Å². The Morgan fingerprint density at radius 3 is 1.96 bits per heavy atom. The van der Waals surface area contributed by atoms with Crippen LogP contribution in [0.4, 0.5) is 4.79 Å². The summed E-state index contributed by atoms with van der Waals surface area (Å²) in [4.78, 5) is 12.4. The molecule has 0 aromatic heterocycles. The van der Waals surface area contributed by atoms with Gasteiger partial charge in [-0.3, -0.25) is 0 Å². The molecule has 1 fully saturated rings. The molecule has 0 aliphatic heterocycles. The SMILES string of the molecule is CC1(N)CCC(CO[Si](C)(C)C(C)(C)C)(NC(=O)OC(C)(C)C)CC1. The molecule has 0 saturated heterocycles. The van der Waals surface area contributed by atoms with E-state index >= 15 is 0 Å². The summed E-state index contributed by atoms with van der Waals surface area (Å²) < 4.78 is 12.0. The minimum absolute atomic E-state index is 0.136. The zero-order chi connectivity index (χ0) is 19.7. The molecule has 1 saturated carbocycles. The van der Waals surface area contributed by atoms with E-state index in [0.29, 0.717) is 6.61 Å². The zero-order valence-electron chi connectivity index (χ0n) is 17.8. The van der Waals surface area contributed by atoms with E-state index in [1.807, 2.05) is 20.8 Å². The predicted octanol–water partition coefficient (Wildman–Crippen LogP) is 4.56. The van der Waals surface area contributed by atoms with Gasteiger partial charge in [0.05, 0.1) is 12.1 Å². The van der Waals surface area contributed by atoms with Gasteiger partial charge in [0.1, 0.15) is 5.60 Å². The second-order valence-electron chi connectivity index (χ2n) is 10.6. The van der Waals surface area contributed by atoms with Crippen molar-refractivity contribution in [1.29, 1.82) is 0 Å². The molecule has 0 bridgehead atoms. The Morgan fingerprint density at radius 2 is 1.56 bits per heavy atom. The summed E-state index contributed by atoms with van der Waals surface area (Å²) in [7, 11) is -1.89. The Balaban J connectivity index is 2.88. The molecule has 25 heavy (non-hydrogen) atoms. The van der Waals surface area contributed by atoms with E-state index in [-0.39, 0.29) is 16.7 Å². The summed E-state index contributed by atoms with van der Waals surface area (Å²) >= 11 is 0. The van der Waals surface area contributed by atoms with Crippen LogP contribution in [-0.4, -0.2) is 37.7 Å². The topological polar surface area (TPSA) is 73.6 Å². The molecule has 0 spiro atoms. The van der Waals surface area contributed by atoms with Gasteiger partial charge >= 0.3 is 6.09 Å². The van der Waals surface area contributed by atoms with Crippen LogP contribution in [0.25, 0.3) is 0 Å². The lowest BCUT2D eigenvalue weighted by Gasteiger charge is -2.46. The standard InChI is InChI=1S/C19H40N2O3Si/c1-16(2,3)24-15(22)21-19(12-10-18(7,20)11-13-19)14-23-25(8,9)17(4,5)6/h10-14,20H2,1-9H3,(H,21,22). The molecule has 0 unspecified atom stereocenters. The molecule has 148 valence electrons. The first-order valence-corrected chi connectivity index (χ1v) is 12.3. The van der Waals surface area contributed by atoms with Crippen molar-refractivity contribution >= 4 is 14.4 Å². The second kappa shape index (κ2) is 7.20. The van der Waals surface area contributed by atoms with Crippen molar-refractivity contribution in [3.05, 3.63) is 0 Å². The van der Waals surface area contributed by atoms with Crippen LogP contribution < -0.4 is 11.1 Å². The molecular weight excluding hydrogens is 332 g/mol. The van der Waals surface area contributed by atoms with Gasteiger partial charge in [-0.1, -0.05) is 20.8 Å².